The highest BCUT2D eigenvalue weighted by Gasteiger charge is 2.29. The summed E-state index contributed by atoms with van der Waals surface area (Å²) in [6, 6.07) is 16.1. The van der Waals surface area contributed by atoms with Gasteiger partial charge in [-0.2, -0.15) is 0 Å². The standard InChI is InChI=1S/C27H34N2O5/c1-3-29(19(2)17-26(31)32)25(30)15-5-4-10-16-28-27(33)34-18-24-22-13-8-6-11-20(22)21-12-7-9-14-23(21)24/h6-9,11-14,19,24H,3-5,10,15-18H2,1-2H3,(H,28,33)(H,31,32). The maximum atomic E-state index is 12.4. The van der Waals surface area contributed by atoms with Gasteiger partial charge in [-0.25, -0.2) is 4.79 Å². The first-order valence-corrected chi connectivity index (χ1v) is 12.0. The van der Waals surface area contributed by atoms with E-state index in [2.05, 4.69) is 29.6 Å². The highest BCUT2D eigenvalue weighted by Crippen LogP contribution is 2.44. The van der Waals surface area contributed by atoms with Crippen LogP contribution in [0.3, 0.4) is 0 Å². The third-order valence-electron chi connectivity index (χ3n) is 6.34. The molecule has 1 atom stereocenters. The van der Waals surface area contributed by atoms with Crippen LogP contribution in [0.2, 0.25) is 0 Å². The lowest BCUT2D eigenvalue weighted by Gasteiger charge is -2.27. The second-order valence-electron chi connectivity index (χ2n) is 8.69. The first kappa shape index (κ1) is 25.3. The summed E-state index contributed by atoms with van der Waals surface area (Å²) in [7, 11) is 0. The number of nitrogens with one attached hydrogen (secondary N) is 1. The van der Waals surface area contributed by atoms with Crippen LogP contribution in [-0.4, -0.2) is 53.7 Å². The van der Waals surface area contributed by atoms with E-state index in [9.17, 15) is 14.4 Å². The van der Waals surface area contributed by atoms with E-state index in [1.165, 1.54) is 22.3 Å². The summed E-state index contributed by atoms with van der Waals surface area (Å²) >= 11 is 0. The van der Waals surface area contributed by atoms with E-state index in [4.69, 9.17) is 9.84 Å². The van der Waals surface area contributed by atoms with Crippen molar-refractivity contribution in [3.05, 3.63) is 59.7 Å². The average Bonchev–Trinajstić information content (AvgIpc) is 3.13. The second kappa shape index (κ2) is 12.2. The van der Waals surface area contributed by atoms with Crippen LogP contribution in [0.15, 0.2) is 48.5 Å². The van der Waals surface area contributed by atoms with Crippen molar-refractivity contribution in [3.63, 3.8) is 0 Å². The molecule has 0 heterocycles. The number of amides is 2. The Morgan fingerprint density at radius 3 is 2.21 bits per heavy atom. The average molecular weight is 467 g/mol. The predicted octanol–water partition coefficient (Wildman–Crippen LogP) is 4.80. The number of nitrogens with zero attached hydrogens (tertiary/aromatic N) is 1. The topological polar surface area (TPSA) is 95.9 Å². The number of benzene rings is 2. The minimum Gasteiger partial charge on any atom is -0.481 e. The maximum absolute atomic E-state index is 12.4. The van der Waals surface area contributed by atoms with Gasteiger partial charge in [0.2, 0.25) is 5.91 Å². The molecule has 0 bridgehead atoms. The van der Waals surface area contributed by atoms with Crippen LogP contribution in [0.4, 0.5) is 4.79 Å². The number of carboxylic acid groups (broad SMARTS) is 1. The van der Waals surface area contributed by atoms with Crippen molar-refractivity contribution >= 4 is 18.0 Å². The number of rotatable bonds is 12. The van der Waals surface area contributed by atoms with Gasteiger partial charge in [-0.05, 0) is 48.9 Å². The van der Waals surface area contributed by atoms with Crippen LogP contribution < -0.4 is 5.32 Å². The molecule has 182 valence electrons. The lowest BCUT2D eigenvalue weighted by atomic mass is 9.98. The molecule has 0 aliphatic heterocycles. The third-order valence-corrected chi connectivity index (χ3v) is 6.34. The van der Waals surface area contributed by atoms with Crippen LogP contribution in [-0.2, 0) is 14.3 Å². The molecule has 0 aromatic heterocycles. The zero-order valence-corrected chi connectivity index (χ0v) is 20.0. The summed E-state index contributed by atoms with van der Waals surface area (Å²) in [5, 5.41) is 11.7. The van der Waals surface area contributed by atoms with E-state index in [1.54, 1.807) is 11.8 Å². The van der Waals surface area contributed by atoms with Crippen molar-refractivity contribution in [2.24, 2.45) is 0 Å². The van der Waals surface area contributed by atoms with Gasteiger partial charge in [-0.15, -0.1) is 0 Å². The Balaban J connectivity index is 1.35. The maximum Gasteiger partial charge on any atom is 0.407 e. The highest BCUT2D eigenvalue weighted by molar-refractivity contribution is 5.79. The molecule has 0 fully saturated rings. The van der Waals surface area contributed by atoms with E-state index >= 15 is 0 Å². The Kier molecular flexibility index (Phi) is 9.08. The third kappa shape index (κ3) is 6.37. The Hall–Kier alpha value is -3.35. The minimum atomic E-state index is -0.905. The van der Waals surface area contributed by atoms with Gasteiger partial charge in [0.05, 0.1) is 6.42 Å². The molecule has 1 aliphatic carbocycles. The van der Waals surface area contributed by atoms with E-state index in [0.29, 0.717) is 25.9 Å². The van der Waals surface area contributed by atoms with Crippen molar-refractivity contribution in [2.75, 3.05) is 19.7 Å². The van der Waals surface area contributed by atoms with E-state index in [1.807, 2.05) is 31.2 Å². The Bertz CT molecular complexity index is 961. The number of carbonyl (C=O) groups is 3. The van der Waals surface area contributed by atoms with E-state index < -0.39 is 12.1 Å². The van der Waals surface area contributed by atoms with Crippen molar-refractivity contribution in [2.45, 2.75) is 57.9 Å². The molecule has 34 heavy (non-hydrogen) atoms. The summed E-state index contributed by atoms with van der Waals surface area (Å²) in [5.41, 5.74) is 4.75. The van der Waals surface area contributed by atoms with E-state index in [-0.39, 0.29) is 30.9 Å². The fourth-order valence-electron chi connectivity index (χ4n) is 4.66. The molecule has 0 saturated heterocycles. The van der Waals surface area contributed by atoms with Gasteiger partial charge in [0.25, 0.3) is 0 Å². The molecular weight excluding hydrogens is 432 g/mol. The fraction of sp³-hybridized carbons (Fsp3) is 0.444. The Morgan fingerprint density at radius 1 is 1.00 bits per heavy atom. The van der Waals surface area contributed by atoms with Gasteiger partial charge in [-0.1, -0.05) is 55.0 Å². The molecule has 1 unspecified atom stereocenters. The zero-order chi connectivity index (χ0) is 24.5. The zero-order valence-electron chi connectivity index (χ0n) is 20.0. The lowest BCUT2D eigenvalue weighted by Crippen LogP contribution is -2.39. The molecule has 0 saturated carbocycles. The number of aliphatic carboxylic acids is 1. The number of ether oxygens (including phenoxy) is 1. The summed E-state index contributed by atoms with van der Waals surface area (Å²) in [5.74, 6) is -0.895. The molecule has 3 rings (SSSR count). The Morgan fingerprint density at radius 2 is 1.62 bits per heavy atom. The van der Waals surface area contributed by atoms with Crippen molar-refractivity contribution in [1.82, 2.24) is 10.2 Å². The number of alkyl carbamates (subject to hydrolysis) is 1. The minimum absolute atomic E-state index is 0.0271. The van der Waals surface area contributed by atoms with Crippen molar-refractivity contribution in [3.8, 4) is 11.1 Å². The summed E-state index contributed by atoms with van der Waals surface area (Å²) < 4.78 is 5.53. The number of carboxylic acids is 1. The molecule has 7 heteroatoms. The second-order valence-corrected chi connectivity index (χ2v) is 8.69. The molecule has 2 aromatic carbocycles. The SMILES string of the molecule is CCN(C(=O)CCCCCNC(=O)OCC1c2ccccc2-c2ccccc21)C(C)CC(=O)O. The number of hydrogen-bond acceptors (Lipinski definition) is 4. The normalized spacial score (nSPS) is 13.0. The van der Waals surface area contributed by atoms with Gasteiger partial charge in [0, 0.05) is 31.5 Å². The van der Waals surface area contributed by atoms with Crippen LogP contribution in [0.5, 0.6) is 0 Å². The van der Waals surface area contributed by atoms with Crippen molar-refractivity contribution in [1.29, 1.82) is 0 Å². The molecule has 2 amide bonds. The number of unbranched alkanes of at least 4 members (excludes halogenated alkanes) is 2. The number of hydrogen-bond donors (Lipinski definition) is 2. The van der Waals surface area contributed by atoms with Gasteiger partial charge in [0.1, 0.15) is 6.61 Å². The van der Waals surface area contributed by atoms with Crippen LogP contribution in [0.25, 0.3) is 11.1 Å². The molecule has 2 aromatic rings. The fourth-order valence-corrected chi connectivity index (χ4v) is 4.66. The van der Waals surface area contributed by atoms with Crippen LogP contribution in [0.1, 0.15) is 63.0 Å². The summed E-state index contributed by atoms with van der Waals surface area (Å²) in [6.07, 6.45) is 2.13. The van der Waals surface area contributed by atoms with E-state index in [0.717, 1.165) is 12.8 Å². The quantitative estimate of drug-likeness (QED) is 0.438. The monoisotopic (exact) mass is 466 g/mol. The first-order chi connectivity index (χ1) is 16.4. The molecule has 7 nitrogen and oxygen atoms in total. The van der Waals surface area contributed by atoms with Crippen LogP contribution >= 0.6 is 0 Å². The first-order valence-electron chi connectivity index (χ1n) is 12.0. The smallest absolute Gasteiger partial charge is 0.407 e. The lowest BCUT2D eigenvalue weighted by molar-refractivity contribution is -0.140. The highest BCUT2D eigenvalue weighted by atomic mass is 16.5. The molecular formula is C27H34N2O5. The summed E-state index contributed by atoms with van der Waals surface area (Å²) in [6.45, 7) is 4.88. The molecule has 1 aliphatic rings. The largest absolute Gasteiger partial charge is 0.481 e. The molecule has 0 radical (unpaired) electrons. The number of carbonyl (C=O) groups excluding carboxylic acids is 2. The van der Waals surface area contributed by atoms with Crippen LogP contribution in [0, 0.1) is 0 Å². The van der Waals surface area contributed by atoms with Gasteiger partial charge < -0.3 is 20.1 Å². The predicted molar refractivity (Wildman–Crippen MR) is 131 cm³/mol. The van der Waals surface area contributed by atoms with Gasteiger partial charge in [0.15, 0.2) is 0 Å². The Labute approximate surface area is 201 Å². The molecule has 0 spiro atoms. The van der Waals surface area contributed by atoms with Gasteiger partial charge in [-0.3, -0.25) is 9.59 Å². The molecule has 2 N–H and O–H groups in total. The number of fused-ring (bicyclic) bond motifs is 3. The van der Waals surface area contributed by atoms with Crippen molar-refractivity contribution < 1.29 is 24.2 Å². The van der Waals surface area contributed by atoms with Gasteiger partial charge >= 0.3 is 12.1 Å². The summed E-state index contributed by atoms with van der Waals surface area (Å²) in [4.78, 5) is 37.1.